The van der Waals surface area contributed by atoms with Gasteiger partial charge in [0, 0.05) is 10.5 Å². The molecule has 19 heavy (non-hydrogen) atoms. The Morgan fingerprint density at radius 2 is 1.95 bits per heavy atom. The molecular formula is C14H10BrFN2O. The third-order valence-corrected chi connectivity index (χ3v) is 3.19. The molecule has 0 unspecified atom stereocenters. The van der Waals surface area contributed by atoms with Crippen LogP contribution in [-0.4, -0.2) is 7.11 Å². The standard InChI is InChI=1S/C14H10BrFN2O/c1-19-14-7-10(16)3-5-13(14)18-12-4-2-9(8-17)6-11(12)15/h2-7,18H,1H3. The SMILES string of the molecule is COc1cc(F)ccc1Nc1ccc(C#N)cc1Br. The molecule has 0 heterocycles. The maximum Gasteiger partial charge on any atom is 0.145 e. The summed E-state index contributed by atoms with van der Waals surface area (Å²) in [6.45, 7) is 0. The summed E-state index contributed by atoms with van der Waals surface area (Å²) in [5.74, 6) is 0.0533. The smallest absolute Gasteiger partial charge is 0.145 e. The van der Waals surface area contributed by atoms with Crippen molar-refractivity contribution in [3.05, 3.63) is 52.3 Å². The zero-order valence-corrected chi connectivity index (χ0v) is 11.7. The van der Waals surface area contributed by atoms with E-state index in [0.29, 0.717) is 17.0 Å². The van der Waals surface area contributed by atoms with Gasteiger partial charge in [-0.3, -0.25) is 0 Å². The van der Waals surface area contributed by atoms with E-state index >= 15 is 0 Å². The van der Waals surface area contributed by atoms with Crippen LogP contribution >= 0.6 is 15.9 Å². The van der Waals surface area contributed by atoms with Gasteiger partial charge in [-0.25, -0.2) is 4.39 Å². The van der Waals surface area contributed by atoms with Gasteiger partial charge in [0.2, 0.25) is 0 Å². The summed E-state index contributed by atoms with van der Waals surface area (Å²) in [6.07, 6.45) is 0. The first-order valence-electron chi connectivity index (χ1n) is 5.44. The van der Waals surface area contributed by atoms with Gasteiger partial charge in [-0.2, -0.15) is 5.26 Å². The minimum absolute atomic E-state index is 0.360. The Balaban J connectivity index is 2.34. The first-order chi connectivity index (χ1) is 9.13. The molecule has 0 bridgehead atoms. The molecule has 0 saturated heterocycles. The highest BCUT2D eigenvalue weighted by molar-refractivity contribution is 9.10. The molecule has 0 saturated carbocycles. The van der Waals surface area contributed by atoms with Gasteiger partial charge in [0.15, 0.2) is 0 Å². The van der Waals surface area contributed by atoms with Gasteiger partial charge in [-0.15, -0.1) is 0 Å². The predicted octanol–water partition coefficient (Wildman–Crippen LogP) is 4.21. The van der Waals surface area contributed by atoms with Crippen LogP contribution in [0.15, 0.2) is 40.9 Å². The minimum Gasteiger partial charge on any atom is -0.494 e. The molecule has 0 spiro atoms. The van der Waals surface area contributed by atoms with Crippen LogP contribution < -0.4 is 10.1 Å². The monoisotopic (exact) mass is 320 g/mol. The van der Waals surface area contributed by atoms with Crippen molar-refractivity contribution in [3.63, 3.8) is 0 Å². The molecule has 2 rings (SSSR count). The largest absolute Gasteiger partial charge is 0.494 e. The third kappa shape index (κ3) is 3.04. The number of methoxy groups -OCH3 is 1. The summed E-state index contributed by atoms with van der Waals surface area (Å²) in [7, 11) is 1.48. The lowest BCUT2D eigenvalue weighted by Gasteiger charge is -2.12. The lowest BCUT2D eigenvalue weighted by atomic mass is 10.2. The number of nitrogens with one attached hydrogen (secondary N) is 1. The quantitative estimate of drug-likeness (QED) is 0.921. The summed E-state index contributed by atoms with van der Waals surface area (Å²) in [6, 6.07) is 11.5. The van der Waals surface area contributed by atoms with E-state index in [1.54, 1.807) is 24.3 Å². The molecule has 0 aliphatic heterocycles. The van der Waals surface area contributed by atoms with Crippen molar-refractivity contribution in [2.75, 3.05) is 12.4 Å². The van der Waals surface area contributed by atoms with Crippen molar-refractivity contribution in [1.29, 1.82) is 5.26 Å². The Labute approximate surface area is 118 Å². The number of nitrogens with zero attached hydrogens (tertiary/aromatic N) is 1. The number of ether oxygens (including phenoxy) is 1. The van der Waals surface area contributed by atoms with Gasteiger partial charge in [-0.05, 0) is 46.3 Å². The summed E-state index contributed by atoms with van der Waals surface area (Å²) in [5.41, 5.74) is 1.97. The molecule has 0 amide bonds. The number of hydrogen-bond donors (Lipinski definition) is 1. The summed E-state index contributed by atoms with van der Waals surface area (Å²) in [5, 5.41) is 11.9. The lowest BCUT2D eigenvalue weighted by molar-refractivity contribution is 0.413. The van der Waals surface area contributed by atoms with Crippen LogP contribution in [0, 0.1) is 17.1 Å². The lowest BCUT2D eigenvalue weighted by Crippen LogP contribution is -1.96. The molecular weight excluding hydrogens is 311 g/mol. The number of hydrogen-bond acceptors (Lipinski definition) is 3. The topological polar surface area (TPSA) is 45.0 Å². The van der Waals surface area contributed by atoms with E-state index in [2.05, 4.69) is 27.3 Å². The van der Waals surface area contributed by atoms with Crippen LogP contribution in [0.25, 0.3) is 0 Å². The van der Waals surface area contributed by atoms with Gasteiger partial charge < -0.3 is 10.1 Å². The molecule has 0 aliphatic rings. The van der Waals surface area contributed by atoms with E-state index in [4.69, 9.17) is 10.00 Å². The van der Waals surface area contributed by atoms with Crippen molar-refractivity contribution in [3.8, 4) is 11.8 Å². The van der Waals surface area contributed by atoms with Crippen molar-refractivity contribution < 1.29 is 9.13 Å². The third-order valence-electron chi connectivity index (χ3n) is 2.53. The van der Waals surface area contributed by atoms with Crippen molar-refractivity contribution in [2.45, 2.75) is 0 Å². The second-order valence-corrected chi connectivity index (χ2v) is 4.63. The van der Waals surface area contributed by atoms with E-state index < -0.39 is 0 Å². The number of anilines is 2. The van der Waals surface area contributed by atoms with Gasteiger partial charge in [0.25, 0.3) is 0 Å². The number of benzene rings is 2. The summed E-state index contributed by atoms with van der Waals surface area (Å²) >= 11 is 3.38. The highest BCUT2D eigenvalue weighted by Gasteiger charge is 2.07. The van der Waals surface area contributed by atoms with E-state index in [-0.39, 0.29) is 5.82 Å². The Bertz CT molecular complexity index is 652. The summed E-state index contributed by atoms with van der Waals surface area (Å²) < 4.78 is 19.0. The van der Waals surface area contributed by atoms with Gasteiger partial charge in [0.1, 0.15) is 11.6 Å². The highest BCUT2D eigenvalue weighted by Crippen LogP contribution is 2.32. The maximum atomic E-state index is 13.1. The molecule has 0 fully saturated rings. The van der Waals surface area contributed by atoms with Crippen molar-refractivity contribution in [1.82, 2.24) is 0 Å². The second kappa shape index (κ2) is 5.72. The molecule has 3 nitrogen and oxygen atoms in total. The van der Waals surface area contributed by atoms with Crippen LogP contribution in [-0.2, 0) is 0 Å². The zero-order chi connectivity index (χ0) is 13.8. The highest BCUT2D eigenvalue weighted by atomic mass is 79.9. The minimum atomic E-state index is -0.360. The Kier molecular flexibility index (Phi) is 4.03. The predicted molar refractivity (Wildman–Crippen MR) is 75.1 cm³/mol. The molecule has 0 aromatic heterocycles. The zero-order valence-electron chi connectivity index (χ0n) is 10.1. The van der Waals surface area contributed by atoms with Gasteiger partial charge >= 0.3 is 0 Å². The van der Waals surface area contributed by atoms with Crippen LogP contribution in [0.3, 0.4) is 0 Å². The molecule has 0 atom stereocenters. The molecule has 2 aromatic carbocycles. The van der Waals surface area contributed by atoms with Crippen molar-refractivity contribution >= 4 is 27.3 Å². The molecule has 1 N–H and O–H groups in total. The van der Waals surface area contributed by atoms with E-state index in [1.807, 2.05) is 0 Å². The second-order valence-electron chi connectivity index (χ2n) is 3.78. The average Bonchev–Trinajstić information content (AvgIpc) is 2.42. The van der Waals surface area contributed by atoms with Gasteiger partial charge in [-0.1, -0.05) is 0 Å². The summed E-state index contributed by atoms with van der Waals surface area (Å²) in [4.78, 5) is 0. The molecule has 0 radical (unpaired) electrons. The van der Waals surface area contributed by atoms with Crippen molar-refractivity contribution in [2.24, 2.45) is 0 Å². The van der Waals surface area contributed by atoms with E-state index in [1.165, 1.54) is 19.2 Å². The van der Waals surface area contributed by atoms with Gasteiger partial charge in [0.05, 0.1) is 30.1 Å². The fourth-order valence-corrected chi connectivity index (χ4v) is 2.08. The maximum absolute atomic E-state index is 13.1. The Morgan fingerprint density at radius 1 is 1.21 bits per heavy atom. The van der Waals surface area contributed by atoms with Crippen LogP contribution in [0.5, 0.6) is 5.75 Å². The van der Waals surface area contributed by atoms with Crippen LogP contribution in [0.4, 0.5) is 15.8 Å². The molecule has 5 heteroatoms. The molecule has 2 aromatic rings. The first-order valence-corrected chi connectivity index (χ1v) is 6.23. The number of halogens is 2. The fourth-order valence-electron chi connectivity index (χ4n) is 1.60. The number of rotatable bonds is 3. The van der Waals surface area contributed by atoms with E-state index in [0.717, 1.165) is 10.2 Å². The normalized spacial score (nSPS) is 9.79. The molecule has 96 valence electrons. The van der Waals surface area contributed by atoms with Crippen LogP contribution in [0.1, 0.15) is 5.56 Å². The first kappa shape index (κ1) is 13.4. The average molecular weight is 321 g/mol. The Morgan fingerprint density at radius 3 is 2.58 bits per heavy atom. The van der Waals surface area contributed by atoms with Crippen LogP contribution in [0.2, 0.25) is 0 Å². The van der Waals surface area contributed by atoms with E-state index in [9.17, 15) is 4.39 Å². The number of nitriles is 1. The molecule has 0 aliphatic carbocycles. The fraction of sp³-hybridized carbons (Fsp3) is 0.0714. The Hall–Kier alpha value is -2.06.